The van der Waals surface area contributed by atoms with E-state index in [1.54, 1.807) is 31.1 Å². The Morgan fingerprint density at radius 1 is 0.833 bits per heavy atom. The molecule has 282 valence electrons. The Hall–Kier alpha value is -7.48. The van der Waals surface area contributed by atoms with E-state index in [2.05, 4.69) is 190 Å². The third-order valence-corrected chi connectivity index (χ3v) is 7.41. The molecule has 0 aliphatic heterocycles. The van der Waals surface area contributed by atoms with E-state index in [0.717, 1.165) is 61.3 Å². The molecule has 0 spiro atoms. The van der Waals surface area contributed by atoms with Gasteiger partial charge < -0.3 is 21.9 Å². The highest BCUT2D eigenvalue weighted by atomic mass is 32.2. The van der Waals surface area contributed by atoms with Crippen molar-refractivity contribution in [1.82, 2.24) is 30.0 Å². The number of benzene rings is 1. The van der Waals surface area contributed by atoms with E-state index in [1.165, 1.54) is 0 Å². The Balaban J connectivity index is -0.000000156. The van der Waals surface area contributed by atoms with Crippen LogP contribution in [0.3, 0.4) is 0 Å². The zero-order valence-corrected chi connectivity index (χ0v) is 32.6. The van der Waals surface area contributed by atoms with Gasteiger partial charge >= 0.3 is 0 Å². The number of hydrogen-bond acceptors (Lipinski definition) is 9. The summed E-state index contributed by atoms with van der Waals surface area (Å²) in [6.45, 7) is 11.5. The normalized spacial score (nSPS) is 8.46. The average Bonchev–Trinajstić information content (AvgIpc) is 3.76. The van der Waals surface area contributed by atoms with Gasteiger partial charge in [-0.15, -0.1) is 0 Å². The molecule has 0 atom stereocenters. The van der Waals surface area contributed by atoms with Crippen LogP contribution in [0.1, 0.15) is 48.1 Å². The van der Waals surface area contributed by atoms with Gasteiger partial charge in [-0.3, -0.25) is 10.5 Å². The third kappa shape index (κ3) is 13.0. The summed E-state index contributed by atoms with van der Waals surface area (Å²) in [6.07, 6.45) is 2.05. The summed E-state index contributed by atoms with van der Waals surface area (Å²) in [6, 6.07) is 4.38. The molecule has 1 aromatic carbocycles. The van der Waals surface area contributed by atoms with Crippen LogP contribution in [0.2, 0.25) is 0 Å². The van der Waals surface area contributed by atoms with Crippen molar-refractivity contribution in [1.29, 1.82) is 0 Å². The molecule has 12 nitrogen and oxygen atoms in total. The van der Waals surface area contributed by atoms with Crippen LogP contribution in [0.4, 0.5) is 0 Å². The zero-order valence-electron chi connectivity index (χ0n) is 30.9. The van der Waals surface area contributed by atoms with Crippen LogP contribution in [-0.2, 0) is 26.9 Å². The molecule has 54 heavy (non-hydrogen) atoms. The van der Waals surface area contributed by atoms with Gasteiger partial charge in [0.1, 0.15) is 5.76 Å². The topological polar surface area (TPSA) is 145 Å². The first-order valence-corrected chi connectivity index (χ1v) is 16.9. The highest BCUT2D eigenvalue weighted by Crippen LogP contribution is 2.39. The molecule has 0 aliphatic carbocycles. The minimum atomic E-state index is -0.0453. The highest BCUT2D eigenvalue weighted by molar-refractivity contribution is 7.98. The first-order valence-electron chi connectivity index (χ1n) is 15.3. The van der Waals surface area contributed by atoms with Crippen molar-refractivity contribution in [2.75, 3.05) is 6.26 Å². The SMILES string of the molecule is CC#CC#CC#CC#CC#CC#CC#CC#CC#CC.CSc1nc2c(-c3c(C)nn(C)c3C)cc(-c3c(C)noc3C)cc2n1C.NN=NN[N+](=O)[S-].[HH].[HH].[HH].[HH].[HH].[HH].[HH].[HH]. The monoisotopic (exact) mass is 764 g/mol. The summed E-state index contributed by atoms with van der Waals surface area (Å²) < 4.78 is 9.45. The zero-order chi connectivity index (χ0) is 39.9. The standard InChI is InChI=1S/C20H23N5OS.C20H6.H3N5OS.8H2/c1-10-17(12(3)25(6)22-10)15-8-14(18-11(2)23-26-13(18)4)9-16-19(15)21-20(27-7)24(16)5;1-3-5-7-9-11-13-15-17-19-20-18-16-14-12-10-8-6-4-2;1-2-3-4-5(6)7;;;;;;;;/h8-9H,1-7H3;1-2H3;(H2,1,3)(H,2,4,6,7);8*1H. The van der Waals surface area contributed by atoms with Crippen LogP contribution in [0.15, 0.2) is 32.3 Å². The summed E-state index contributed by atoms with van der Waals surface area (Å²) in [5.41, 5.74) is 11.2. The van der Waals surface area contributed by atoms with E-state index in [0.29, 0.717) is 0 Å². The number of nitrogens with zero attached hydrogens (tertiary/aromatic N) is 8. The first-order chi connectivity index (χ1) is 26.0. The van der Waals surface area contributed by atoms with Crippen molar-refractivity contribution < 1.29 is 20.2 Å². The molecule has 14 heteroatoms. The minimum Gasteiger partial charge on any atom is -0.478 e. The molecule has 0 unspecified atom stereocenters. The lowest BCUT2D eigenvalue weighted by atomic mass is 9.95. The van der Waals surface area contributed by atoms with Crippen molar-refractivity contribution in [3.8, 4) is 129 Å². The van der Waals surface area contributed by atoms with Crippen molar-refractivity contribution in [2.45, 2.75) is 46.7 Å². The molecule has 0 fully saturated rings. The summed E-state index contributed by atoms with van der Waals surface area (Å²) >= 11 is 5.55. The molecule has 3 heterocycles. The number of thioether (sulfide) groups is 1. The van der Waals surface area contributed by atoms with Gasteiger partial charge in [0.05, 0.1) is 27.6 Å². The van der Waals surface area contributed by atoms with Crippen LogP contribution >= 0.6 is 11.8 Å². The van der Waals surface area contributed by atoms with Gasteiger partial charge in [0, 0.05) is 47.9 Å². The van der Waals surface area contributed by atoms with Crippen LogP contribution < -0.4 is 11.4 Å². The van der Waals surface area contributed by atoms with Crippen LogP contribution in [0.25, 0.3) is 33.3 Å². The average molecular weight is 765 g/mol. The molecular formula is C40H48N10O2S2. The first kappa shape index (κ1) is 42.7. The molecule has 0 saturated carbocycles. The number of imidazole rings is 1. The number of fused-ring (bicyclic) bond motifs is 1. The fourth-order valence-corrected chi connectivity index (χ4v) is 5.06. The molecule has 0 amide bonds. The number of nitrogens with one attached hydrogen (secondary N) is 1. The number of nitrogens with two attached hydrogens (primary N) is 1. The van der Waals surface area contributed by atoms with Gasteiger partial charge in [-0.05, 0) is 166 Å². The maximum Gasteiger partial charge on any atom is 0.191 e. The highest BCUT2D eigenvalue weighted by Gasteiger charge is 2.22. The Labute approximate surface area is 337 Å². The fraction of sp³-hybridized carbons (Fsp3) is 0.225. The Morgan fingerprint density at radius 2 is 1.33 bits per heavy atom. The van der Waals surface area contributed by atoms with E-state index in [9.17, 15) is 4.91 Å². The van der Waals surface area contributed by atoms with Gasteiger partial charge in [-0.25, -0.2) is 4.98 Å². The molecule has 3 N–H and O–H groups in total. The molecule has 0 saturated heterocycles. The number of aryl methyl sites for hydroxylation is 5. The van der Waals surface area contributed by atoms with Gasteiger partial charge in [0.25, 0.3) is 0 Å². The van der Waals surface area contributed by atoms with E-state index in [-0.39, 0.29) is 15.7 Å². The largest absolute Gasteiger partial charge is 0.478 e. The van der Waals surface area contributed by atoms with Crippen molar-refractivity contribution in [3.63, 3.8) is 0 Å². The van der Waals surface area contributed by atoms with E-state index < -0.39 is 0 Å². The number of hydrazine groups is 1. The molecular weight excluding hydrogens is 717 g/mol. The Morgan fingerprint density at radius 3 is 1.69 bits per heavy atom. The maximum atomic E-state index is 9.61. The molecule has 4 rings (SSSR count). The summed E-state index contributed by atoms with van der Waals surface area (Å²) in [5, 5.41) is 15.3. The summed E-state index contributed by atoms with van der Waals surface area (Å²) in [7, 11) is 4.04. The van der Waals surface area contributed by atoms with Gasteiger partial charge in [-0.2, -0.15) is 5.10 Å². The summed E-state index contributed by atoms with van der Waals surface area (Å²) in [5.74, 6) is 50.9. The second kappa shape index (κ2) is 23.1. The molecule has 3 aromatic heterocycles. The van der Waals surface area contributed by atoms with Gasteiger partial charge in [0.2, 0.25) is 0 Å². The number of aromatic nitrogens is 5. The quantitative estimate of drug-likeness (QED) is 0.0438. The molecule has 0 aliphatic rings. The van der Waals surface area contributed by atoms with Gasteiger partial charge in [-0.1, -0.05) is 37.9 Å². The third-order valence-electron chi connectivity index (χ3n) is 6.60. The lowest BCUT2D eigenvalue weighted by Crippen LogP contribution is -2.13. The second-order valence-electron chi connectivity index (χ2n) is 9.99. The van der Waals surface area contributed by atoms with Crippen LogP contribution in [0.5, 0.6) is 0 Å². The minimum absolute atomic E-state index is 0. The van der Waals surface area contributed by atoms with Crippen molar-refractivity contribution in [2.24, 2.45) is 30.4 Å². The maximum absolute atomic E-state index is 9.61. The lowest BCUT2D eigenvalue weighted by Gasteiger charge is -2.09. The molecule has 0 radical (unpaired) electrons. The smallest absolute Gasteiger partial charge is 0.191 e. The van der Waals surface area contributed by atoms with Crippen LogP contribution in [-0.4, -0.2) is 35.0 Å². The fourth-order valence-electron chi connectivity index (χ4n) is 4.47. The van der Waals surface area contributed by atoms with E-state index in [1.807, 2.05) is 25.6 Å². The van der Waals surface area contributed by atoms with E-state index >= 15 is 0 Å². The predicted molar refractivity (Wildman–Crippen MR) is 231 cm³/mol. The molecule has 0 bridgehead atoms. The lowest BCUT2D eigenvalue weighted by molar-refractivity contribution is -0.444. The van der Waals surface area contributed by atoms with Gasteiger partial charge in [0.15, 0.2) is 10.4 Å². The van der Waals surface area contributed by atoms with Crippen LogP contribution in [0, 0.1) is 139 Å². The van der Waals surface area contributed by atoms with Crippen molar-refractivity contribution >= 4 is 35.6 Å². The number of nitroso groups, excluding NO2 is 1. The second-order valence-corrected chi connectivity index (χ2v) is 11.1. The summed E-state index contributed by atoms with van der Waals surface area (Å²) in [4.78, 5) is 14.5. The van der Waals surface area contributed by atoms with E-state index in [4.69, 9.17) is 9.51 Å². The molecule has 4 aromatic rings. The van der Waals surface area contributed by atoms with Crippen molar-refractivity contribution in [3.05, 3.63) is 39.9 Å². The Bertz CT molecular complexity index is 2600. The Kier molecular flexibility index (Phi) is 18.2. The number of rotatable bonds is 5. The predicted octanol–water partition coefficient (Wildman–Crippen LogP) is 6.58. The number of hydrogen-bond donors (Lipinski definition) is 2.